The molecule has 1 aliphatic carbocycles. The highest BCUT2D eigenvalue weighted by Crippen LogP contribution is 2.34. The van der Waals surface area contributed by atoms with E-state index >= 15 is 0 Å². The van der Waals surface area contributed by atoms with Crippen LogP contribution in [0.25, 0.3) is 0 Å². The zero-order valence-corrected chi connectivity index (χ0v) is 15.5. The zero-order valence-electron chi connectivity index (χ0n) is 15.5. The standard InChI is InChI=1S/C24H31N/c1-19-5-7-20(8-6-19)9-13-22-3-2-4-23(17-22)14-10-21-11-15-24(18-25)16-12-21/h5-8,11-12,15-16,18,22-23,25H,2-4,9-10,13-14,17H2,1H3. The SMILES string of the molecule is Cc1ccc(CCC2CCCC(CCc3ccc(C=N)cc3)C2)cc1. The minimum absolute atomic E-state index is 0.902. The molecule has 1 N–H and O–H groups in total. The van der Waals surface area contributed by atoms with Crippen LogP contribution in [0.3, 0.4) is 0 Å². The molecule has 1 saturated carbocycles. The third-order valence-electron chi connectivity index (χ3n) is 5.84. The number of hydrogen-bond donors (Lipinski definition) is 1. The summed E-state index contributed by atoms with van der Waals surface area (Å²) in [5, 5.41) is 7.29. The lowest BCUT2D eigenvalue weighted by molar-refractivity contribution is 0.244. The minimum Gasteiger partial charge on any atom is -0.308 e. The average Bonchev–Trinajstić information content (AvgIpc) is 2.67. The fourth-order valence-corrected chi connectivity index (χ4v) is 4.20. The molecule has 2 aromatic rings. The molecular weight excluding hydrogens is 302 g/mol. The van der Waals surface area contributed by atoms with E-state index < -0.39 is 0 Å². The normalized spacial score (nSPS) is 20.4. The van der Waals surface area contributed by atoms with E-state index in [4.69, 9.17) is 5.41 Å². The Morgan fingerprint density at radius 2 is 1.36 bits per heavy atom. The Balaban J connectivity index is 1.44. The highest BCUT2D eigenvalue weighted by atomic mass is 14.3. The molecule has 0 heterocycles. The van der Waals surface area contributed by atoms with Gasteiger partial charge in [-0.1, -0.05) is 73.4 Å². The predicted octanol–water partition coefficient (Wildman–Crippen LogP) is 6.36. The summed E-state index contributed by atoms with van der Waals surface area (Å²) >= 11 is 0. The maximum atomic E-state index is 7.29. The van der Waals surface area contributed by atoms with Crippen molar-refractivity contribution in [1.29, 1.82) is 5.41 Å². The summed E-state index contributed by atoms with van der Waals surface area (Å²) in [5.41, 5.74) is 5.28. The van der Waals surface area contributed by atoms with E-state index in [1.807, 2.05) is 0 Å². The number of nitrogens with one attached hydrogen (secondary N) is 1. The molecule has 2 aromatic carbocycles. The van der Waals surface area contributed by atoms with Gasteiger partial charge in [-0.05, 0) is 67.6 Å². The molecule has 2 unspecified atom stereocenters. The quantitative estimate of drug-likeness (QED) is 0.570. The summed E-state index contributed by atoms with van der Waals surface area (Å²) in [5.74, 6) is 1.82. The van der Waals surface area contributed by atoms with Gasteiger partial charge in [0, 0.05) is 6.21 Å². The van der Waals surface area contributed by atoms with Gasteiger partial charge in [0.1, 0.15) is 0 Å². The van der Waals surface area contributed by atoms with Gasteiger partial charge in [0.2, 0.25) is 0 Å². The van der Waals surface area contributed by atoms with Crippen LogP contribution in [0.5, 0.6) is 0 Å². The Morgan fingerprint density at radius 1 is 0.840 bits per heavy atom. The predicted molar refractivity (Wildman–Crippen MR) is 108 cm³/mol. The van der Waals surface area contributed by atoms with Crippen molar-refractivity contribution in [1.82, 2.24) is 0 Å². The molecule has 1 nitrogen and oxygen atoms in total. The second-order valence-electron chi connectivity index (χ2n) is 7.85. The molecule has 1 heteroatoms. The number of hydrogen-bond acceptors (Lipinski definition) is 1. The van der Waals surface area contributed by atoms with Crippen LogP contribution < -0.4 is 0 Å². The van der Waals surface area contributed by atoms with Gasteiger partial charge >= 0.3 is 0 Å². The Labute approximate surface area is 153 Å². The summed E-state index contributed by atoms with van der Waals surface area (Å²) in [6.45, 7) is 2.16. The maximum absolute atomic E-state index is 7.29. The summed E-state index contributed by atoms with van der Waals surface area (Å²) in [6, 6.07) is 17.6. The lowest BCUT2D eigenvalue weighted by Crippen LogP contribution is -2.17. The van der Waals surface area contributed by atoms with Gasteiger partial charge < -0.3 is 5.41 Å². The number of benzene rings is 2. The smallest absolute Gasteiger partial charge is 0.0250 e. The summed E-state index contributed by atoms with van der Waals surface area (Å²) in [7, 11) is 0. The van der Waals surface area contributed by atoms with Gasteiger partial charge in [0.25, 0.3) is 0 Å². The van der Waals surface area contributed by atoms with Crippen LogP contribution >= 0.6 is 0 Å². The van der Waals surface area contributed by atoms with E-state index in [9.17, 15) is 0 Å². The largest absolute Gasteiger partial charge is 0.308 e. The molecule has 0 spiro atoms. The second kappa shape index (κ2) is 8.99. The van der Waals surface area contributed by atoms with Crippen molar-refractivity contribution < 1.29 is 0 Å². The highest BCUT2D eigenvalue weighted by molar-refractivity contribution is 5.76. The molecule has 0 saturated heterocycles. The van der Waals surface area contributed by atoms with Crippen molar-refractivity contribution in [2.75, 3.05) is 0 Å². The summed E-state index contributed by atoms with van der Waals surface area (Å²) < 4.78 is 0. The van der Waals surface area contributed by atoms with Crippen LogP contribution in [0, 0.1) is 24.2 Å². The lowest BCUT2D eigenvalue weighted by Gasteiger charge is -2.29. The van der Waals surface area contributed by atoms with Crippen LogP contribution in [-0.4, -0.2) is 6.21 Å². The maximum Gasteiger partial charge on any atom is 0.0250 e. The van der Waals surface area contributed by atoms with E-state index in [2.05, 4.69) is 55.5 Å². The van der Waals surface area contributed by atoms with Gasteiger partial charge in [-0.3, -0.25) is 0 Å². The molecule has 0 radical (unpaired) electrons. The summed E-state index contributed by atoms with van der Waals surface area (Å²) in [4.78, 5) is 0. The third-order valence-corrected chi connectivity index (χ3v) is 5.84. The van der Waals surface area contributed by atoms with E-state index in [1.54, 1.807) is 0 Å². The Kier molecular flexibility index (Phi) is 6.44. The molecule has 132 valence electrons. The molecule has 2 atom stereocenters. The Hall–Kier alpha value is -1.89. The van der Waals surface area contributed by atoms with Crippen LogP contribution in [-0.2, 0) is 12.8 Å². The van der Waals surface area contributed by atoms with Crippen LogP contribution in [0.4, 0.5) is 0 Å². The first-order chi connectivity index (χ1) is 12.2. The molecule has 3 rings (SSSR count). The van der Waals surface area contributed by atoms with Crippen LogP contribution in [0.15, 0.2) is 48.5 Å². The van der Waals surface area contributed by atoms with Gasteiger partial charge in [0.15, 0.2) is 0 Å². The summed E-state index contributed by atoms with van der Waals surface area (Å²) in [6.07, 6.45) is 12.2. The van der Waals surface area contributed by atoms with E-state index in [1.165, 1.54) is 74.3 Å². The minimum atomic E-state index is 0.902. The monoisotopic (exact) mass is 333 g/mol. The third kappa shape index (κ3) is 5.56. The number of rotatable bonds is 7. The fraction of sp³-hybridized carbons (Fsp3) is 0.458. The average molecular weight is 334 g/mol. The number of aryl methyl sites for hydroxylation is 3. The molecule has 0 bridgehead atoms. The van der Waals surface area contributed by atoms with Gasteiger partial charge in [-0.25, -0.2) is 0 Å². The second-order valence-corrected chi connectivity index (χ2v) is 7.85. The van der Waals surface area contributed by atoms with Crippen molar-refractivity contribution in [2.24, 2.45) is 11.8 Å². The topological polar surface area (TPSA) is 23.9 Å². The Bertz CT molecular complexity index is 653. The van der Waals surface area contributed by atoms with Crippen molar-refractivity contribution >= 4 is 6.21 Å². The molecular formula is C24H31N. The van der Waals surface area contributed by atoms with Crippen molar-refractivity contribution in [3.63, 3.8) is 0 Å². The molecule has 0 aromatic heterocycles. The van der Waals surface area contributed by atoms with E-state index in [0.29, 0.717) is 0 Å². The first kappa shape index (κ1) is 17.9. The van der Waals surface area contributed by atoms with Gasteiger partial charge in [-0.15, -0.1) is 0 Å². The van der Waals surface area contributed by atoms with E-state index in [0.717, 1.165) is 17.4 Å². The lowest BCUT2D eigenvalue weighted by atomic mass is 9.77. The van der Waals surface area contributed by atoms with Gasteiger partial charge in [-0.2, -0.15) is 0 Å². The van der Waals surface area contributed by atoms with Gasteiger partial charge in [0.05, 0.1) is 0 Å². The highest BCUT2D eigenvalue weighted by Gasteiger charge is 2.21. The van der Waals surface area contributed by atoms with Crippen LogP contribution in [0.2, 0.25) is 0 Å². The van der Waals surface area contributed by atoms with Crippen molar-refractivity contribution in [2.45, 2.75) is 58.3 Å². The fourth-order valence-electron chi connectivity index (χ4n) is 4.20. The first-order valence-corrected chi connectivity index (χ1v) is 9.88. The first-order valence-electron chi connectivity index (χ1n) is 9.88. The van der Waals surface area contributed by atoms with E-state index in [-0.39, 0.29) is 0 Å². The van der Waals surface area contributed by atoms with Crippen molar-refractivity contribution in [3.05, 3.63) is 70.8 Å². The Morgan fingerprint density at radius 3 is 1.88 bits per heavy atom. The molecule has 1 fully saturated rings. The molecule has 25 heavy (non-hydrogen) atoms. The van der Waals surface area contributed by atoms with Crippen LogP contribution in [0.1, 0.15) is 60.8 Å². The molecule has 0 amide bonds. The zero-order chi connectivity index (χ0) is 17.5. The van der Waals surface area contributed by atoms with Crippen molar-refractivity contribution in [3.8, 4) is 0 Å². The molecule has 1 aliphatic rings. The molecule has 0 aliphatic heterocycles.